The van der Waals surface area contributed by atoms with E-state index in [1.165, 1.54) is 31.2 Å². The Labute approximate surface area is 98.5 Å². The summed E-state index contributed by atoms with van der Waals surface area (Å²) in [5.41, 5.74) is 0.362. The maximum Gasteiger partial charge on any atom is 0.352 e. The Morgan fingerprint density at radius 1 is 1.18 bits per heavy atom. The topological polar surface area (TPSA) is 52.6 Å². The van der Waals surface area contributed by atoms with Gasteiger partial charge in [-0.25, -0.2) is 9.59 Å². The number of hydrogen-bond donors (Lipinski definition) is 0. The maximum atomic E-state index is 11.4. The van der Waals surface area contributed by atoms with Crippen molar-refractivity contribution in [2.45, 2.75) is 6.92 Å². The van der Waals surface area contributed by atoms with E-state index in [0.29, 0.717) is 0 Å². The normalized spacial score (nSPS) is 8.24. The minimum Gasteiger partial charge on any atom is -0.369 e. The monoisotopic (exact) mass is 228 g/mol. The molecular formula is C13H8O4. The lowest BCUT2D eigenvalue weighted by atomic mass is 10.1. The Hall–Kier alpha value is -2.72. The van der Waals surface area contributed by atoms with Crippen LogP contribution in [0.15, 0.2) is 24.3 Å². The van der Waals surface area contributed by atoms with Gasteiger partial charge in [-0.05, 0) is 18.2 Å². The van der Waals surface area contributed by atoms with Gasteiger partial charge in [0.25, 0.3) is 0 Å². The number of terminal acetylenes is 1. The first-order valence-electron chi connectivity index (χ1n) is 4.58. The van der Waals surface area contributed by atoms with Crippen LogP contribution >= 0.6 is 0 Å². The van der Waals surface area contributed by atoms with Crippen molar-refractivity contribution in [1.82, 2.24) is 0 Å². The van der Waals surface area contributed by atoms with E-state index in [-0.39, 0.29) is 11.1 Å². The van der Waals surface area contributed by atoms with Crippen LogP contribution in [0.4, 0.5) is 0 Å². The first-order chi connectivity index (χ1) is 8.19. The second-order valence-electron chi connectivity index (χ2n) is 2.83. The van der Waals surface area contributed by atoms with Crippen molar-refractivity contribution < 1.29 is 19.1 Å². The molecule has 84 valence electrons. The van der Waals surface area contributed by atoms with Gasteiger partial charge < -0.3 is 9.47 Å². The first-order valence-corrected chi connectivity index (χ1v) is 4.58. The summed E-state index contributed by atoms with van der Waals surface area (Å²) in [7, 11) is 0. The average molecular weight is 228 g/mol. The smallest absolute Gasteiger partial charge is 0.352 e. The Kier molecular flexibility index (Phi) is 4.35. The molecule has 0 N–H and O–H groups in total. The van der Waals surface area contributed by atoms with Gasteiger partial charge >= 0.3 is 11.9 Å². The van der Waals surface area contributed by atoms with Crippen LogP contribution in [-0.4, -0.2) is 11.9 Å². The van der Waals surface area contributed by atoms with Crippen LogP contribution in [0, 0.1) is 24.6 Å². The molecule has 17 heavy (non-hydrogen) atoms. The lowest BCUT2D eigenvalue weighted by Crippen LogP contribution is -2.05. The molecule has 1 rings (SSSR count). The minimum atomic E-state index is -0.705. The van der Waals surface area contributed by atoms with Gasteiger partial charge in [-0.3, -0.25) is 0 Å². The van der Waals surface area contributed by atoms with Crippen molar-refractivity contribution in [3.8, 4) is 24.6 Å². The number of hydrogen-bond acceptors (Lipinski definition) is 4. The van der Waals surface area contributed by atoms with Gasteiger partial charge in [0.2, 0.25) is 0 Å². The Balaban J connectivity index is 2.92. The molecular weight excluding hydrogens is 220 g/mol. The highest BCUT2D eigenvalue weighted by Gasteiger charge is 2.11. The lowest BCUT2D eigenvalue weighted by molar-refractivity contribution is 0.0690. The standard InChI is InChI=1S/C13H8O4/c1-3-8-17-13(15)11-7-5-6-10(9-11)12(14)16-4-2/h2,5-7,9H,1H3. The molecule has 4 heteroatoms. The highest BCUT2D eigenvalue weighted by Crippen LogP contribution is 2.08. The number of carbonyl (C=O) groups is 2. The summed E-state index contributed by atoms with van der Waals surface area (Å²) in [6, 6.07) is 5.80. The van der Waals surface area contributed by atoms with Crippen molar-refractivity contribution >= 4 is 11.9 Å². The molecule has 0 saturated carbocycles. The fourth-order valence-corrected chi connectivity index (χ4v) is 1.04. The minimum absolute atomic E-state index is 0.168. The van der Waals surface area contributed by atoms with Gasteiger partial charge in [-0.2, -0.15) is 0 Å². The van der Waals surface area contributed by atoms with Gasteiger partial charge in [0.1, 0.15) is 12.2 Å². The van der Waals surface area contributed by atoms with E-state index in [0.717, 1.165) is 0 Å². The van der Waals surface area contributed by atoms with E-state index >= 15 is 0 Å². The van der Waals surface area contributed by atoms with Crippen molar-refractivity contribution in [1.29, 1.82) is 0 Å². The van der Waals surface area contributed by atoms with Crippen molar-refractivity contribution in [3.05, 3.63) is 35.4 Å². The Morgan fingerprint density at radius 2 is 1.76 bits per heavy atom. The van der Waals surface area contributed by atoms with Crippen LogP contribution in [0.25, 0.3) is 0 Å². The van der Waals surface area contributed by atoms with Gasteiger partial charge in [0.15, 0.2) is 0 Å². The van der Waals surface area contributed by atoms with Crippen LogP contribution in [0.2, 0.25) is 0 Å². The fourth-order valence-electron chi connectivity index (χ4n) is 1.04. The SMILES string of the molecule is C#COC(=O)c1cccc(C(=O)OC#CC)c1. The quantitative estimate of drug-likeness (QED) is 0.569. The molecule has 0 spiro atoms. The molecule has 1 aromatic rings. The van der Waals surface area contributed by atoms with E-state index in [9.17, 15) is 9.59 Å². The Bertz CT molecular complexity index is 541. The fraction of sp³-hybridized carbons (Fsp3) is 0.0769. The third-order valence-corrected chi connectivity index (χ3v) is 1.73. The van der Waals surface area contributed by atoms with E-state index < -0.39 is 11.9 Å². The van der Waals surface area contributed by atoms with E-state index in [2.05, 4.69) is 21.5 Å². The van der Waals surface area contributed by atoms with E-state index in [1.54, 1.807) is 6.11 Å². The van der Waals surface area contributed by atoms with Gasteiger partial charge in [-0.1, -0.05) is 18.4 Å². The van der Waals surface area contributed by atoms with Crippen molar-refractivity contribution in [2.24, 2.45) is 0 Å². The number of carbonyl (C=O) groups excluding carboxylic acids is 2. The number of esters is 2. The summed E-state index contributed by atoms with van der Waals surface area (Å²) in [6.07, 6.45) is 8.76. The van der Waals surface area contributed by atoms with Crippen LogP contribution in [0.1, 0.15) is 27.6 Å². The summed E-state index contributed by atoms with van der Waals surface area (Å²) < 4.78 is 8.93. The zero-order valence-electron chi connectivity index (χ0n) is 9.02. The number of ether oxygens (including phenoxy) is 2. The molecule has 0 bridgehead atoms. The summed E-state index contributed by atoms with van der Waals surface area (Å²) in [6.45, 7) is 1.54. The predicted molar refractivity (Wildman–Crippen MR) is 59.6 cm³/mol. The summed E-state index contributed by atoms with van der Waals surface area (Å²) in [5.74, 6) is 1.07. The van der Waals surface area contributed by atoms with Crippen LogP contribution in [0.5, 0.6) is 0 Å². The molecule has 1 aromatic carbocycles. The van der Waals surface area contributed by atoms with E-state index in [4.69, 9.17) is 6.42 Å². The second kappa shape index (κ2) is 5.99. The molecule has 0 aromatic heterocycles. The zero-order valence-corrected chi connectivity index (χ0v) is 9.02. The van der Waals surface area contributed by atoms with Gasteiger partial charge in [0, 0.05) is 6.92 Å². The second-order valence-corrected chi connectivity index (χ2v) is 2.83. The predicted octanol–water partition coefficient (Wildman–Crippen LogP) is 1.57. The largest absolute Gasteiger partial charge is 0.369 e. The first kappa shape index (κ1) is 12.4. The van der Waals surface area contributed by atoms with Crippen LogP contribution in [0.3, 0.4) is 0 Å². The molecule has 0 radical (unpaired) electrons. The molecule has 0 atom stereocenters. The highest BCUT2D eigenvalue weighted by atomic mass is 16.5. The molecule has 0 heterocycles. The summed E-state index contributed by atoms with van der Waals surface area (Å²) in [5, 5.41) is 0. The maximum absolute atomic E-state index is 11.4. The third-order valence-electron chi connectivity index (χ3n) is 1.73. The molecule has 0 aliphatic carbocycles. The van der Waals surface area contributed by atoms with Gasteiger partial charge in [0.05, 0.1) is 11.1 Å². The highest BCUT2D eigenvalue weighted by molar-refractivity contribution is 5.95. The summed E-state index contributed by atoms with van der Waals surface area (Å²) in [4.78, 5) is 22.7. The van der Waals surface area contributed by atoms with Crippen molar-refractivity contribution in [2.75, 3.05) is 0 Å². The third kappa shape index (κ3) is 3.40. The summed E-state index contributed by atoms with van der Waals surface area (Å²) >= 11 is 0. The van der Waals surface area contributed by atoms with Crippen LogP contribution in [-0.2, 0) is 9.47 Å². The molecule has 0 amide bonds. The van der Waals surface area contributed by atoms with Crippen LogP contribution < -0.4 is 0 Å². The Morgan fingerprint density at radius 3 is 2.29 bits per heavy atom. The molecule has 0 fully saturated rings. The molecule has 0 saturated heterocycles. The number of rotatable bonds is 2. The number of benzene rings is 1. The van der Waals surface area contributed by atoms with E-state index in [1.807, 2.05) is 0 Å². The zero-order chi connectivity index (χ0) is 12.7. The van der Waals surface area contributed by atoms with Crippen molar-refractivity contribution in [3.63, 3.8) is 0 Å². The molecule has 4 nitrogen and oxygen atoms in total. The molecule has 0 aliphatic rings. The lowest BCUT2D eigenvalue weighted by Gasteiger charge is -2.00. The van der Waals surface area contributed by atoms with Gasteiger partial charge in [-0.15, -0.1) is 0 Å². The average Bonchev–Trinajstić information content (AvgIpc) is 2.36. The molecule has 0 aliphatic heterocycles. The molecule has 0 unspecified atom stereocenters.